The number of ether oxygens (including phenoxy) is 2. The third-order valence-corrected chi connectivity index (χ3v) is 3.62. The number of rotatable bonds is 9. The van der Waals surface area contributed by atoms with Crippen molar-refractivity contribution in [3.8, 4) is 5.75 Å². The fraction of sp³-hybridized carbons (Fsp3) is 0.647. The summed E-state index contributed by atoms with van der Waals surface area (Å²) in [5.74, 6) is 1.43. The van der Waals surface area contributed by atoms with Crippen molar-refractivity contribution in [3.05, 3.63) is 29.8 Å². The molecule has 0 aromatic heterocycles. The van der Waals surface area contributed by atoms with Gasteiger partial charge in [-0.15, -0.1) is 0 Å². The molecule has 0 heterocycles. The van der Waals surface area contributed by atoms with Gasteiger partial charge in [0, 0.05) is 0 Å². The molecule has 3 heteroatoms. The molecule has 0 saturated heterocycles. The molecule has 1 aromatic rings. The van der Waals surface area contributed by atoms with Gasteiger partial charge < -0.3 is 14.8 Å². The highest BCUT2D eigenvalue weighted by Gasteiger charge is 2.14. The molecule has 0 aliphatic rings. The molecule has 3 nitrogen and oxygen atoms in total. The van der Waals surface area contributed by atoms with Gasteiger partial charge in [0.05, 0.1) is 25.9 Å². The van der Waals surface area contributed by atoms with E-state index >= 15 is 0 Å². The van der Waals surface area contributed by atoms with E-state index in [0.29, 0.717) is 12.5 Å². The lowest BCUT2D eigenvalue weighted by molar-refractivity contribution is 0.0218. The van der Waals surface area contributed by atoms with Gasteiger partial charge in [0.25, 0.3) is 0 Å². The summed E-state index contributed by atoms with van der Waals surface area (Å²) >= 11 is 0. The van der Waals surface area contributed by atoms with Crippen LogP contribution in [0.4, 0.5) is 0 Å². The normalized spacial score (nSPS) is 14.3. The Morgan fingerprint density at radius 2 is 1.75 bits per heavy atom. The summed E-state index contributed by atoms with van der Waals surface area (Å²) in [4.78, 5) is 0. The average Bonchev–Trinajstić information content (AvgIpc) is 2.47. The smallest absolute Gasteiger partial charge is 0.118 e. The molecule has 0 radical (unpaired) electrons. The molecule has 1 rings (SSSR count). The second kappa shape index (κ2) is 8.98. The molecule has 0 fully saturated rings. The first-order chi connectivity index (χ1) is 9.58. The zero-order chi connectivity index (χ0) is 15.0. The van der Waals surface area contributed by atoms with Crippen molar-refractivity contribution in [1.29, 1.82) is 0 Å². The maximum Gasteiger partial charge on any atom is 0.118 e. The molecule has 1 aromatic carbocycles. The SMILES string of the molecule is CCCNC(COC(C)C(C)C)c1ccc(OC)cc1. The predicted octanol–water partition coefficient (Wildman–Crippen LogP) is 3.80. The first-order valence-corrected chi connectivity index (χ1v) is 7.57. The average molecular weight is 279 g/mol. The summed E-state index contributed by atoms with van der Waals surface area (Å²) in [6.07, 6.45) is 1.39. The fourth-order valence-electron chi connectivity index (χ4n) is 1.87. The van der Waals surface area contributed by atoms with E-state index in [-0.39, 0.29) is 12.1 Å². The Labute approximate surface area is 123 Å². The van der Waals surface area contributed by atoms with E-state index in [0.717, 1.165) is 18.7 Å². The molecule has 0 saturated carbocycles. The van der Waals surface area contributed by atoms with Crippen LogP contribution in [0.5, 0.6) is 5.75 Å². The van der Waals surface area contributed by atoms with Gasteiger partial charge >= 0.3 is 0 Å². The monoisotopic (exact) mass is 279 g/mol. The predicted molar refractivity (Wildman–Crippen MR) is 84.3 cm³/mol. The van der Waals surface area contributed by atoms with Crippen LogP contribution in [0.2, 0.25) is 0 Å². The number of nitrogens with one attached hydrogen (secondary N) is 1. The Morgan fingerprint density at radius 3 is 2.25 bits per heavy atom. The van der Waals surface area contributed by atoms with Gasteiger partial charge in [-0.1, -0.05) is 32.9 Å². The Morgan fingerprint density at radius 1 is 1.10 bits per heavy atom. The second-order valence-corrected chi connectivity index (χ2v) is 5.56. The van der Waals surface area contributed by atoms with Gasteiger partial charge in [-0.2, -0.15) is 0 Å². The quantitative estimate of drug-likeness (QED) is 0.746. The Hall–Kier alpha value is -1.06. The number of benzene rings is 1. The summed E-state index contributed by atoms with van der Waals surface area (Å²) < 4.78 is 11.2. The molecule has 2 unspecified atom stereocenters. The van der Waals surface area contributed by atoms with E-state index < -0.39 is 0 Å². The molecule has 0 bridgehead atoms. The van der Waals surface area contributed by atoms with Gasteiger partial charge in [0.2, 0.25) is 0 Å². The summed E-state index contributed by atoms with van der Waals surface area (Å²) in [6.45, 7) is 10.4. The zero-order valence-electron chi connectivity index (χ0n) is 13.5. The Bertz CT molecular complexity index is 362. The van der Waals surface area contributed by atoms with Crippen LogP contribution in [0, 0.1) is 5.92 Å². The molecule has 0 spiro atoms. The van der Waals surface area contributed by atoms with Crippen molar-refractivity contribution in [2.45, 2.75) is 46.3 Å². The van der Waals surface area contributed by atoms with Crippen molar-refractivity contribution < 1.29 is 9.47 Å². The molecule has 0 aliphatic heterocycles. The van der Waals surface area contributed by atoms with Crippen molar-refractivity contribution >= 4 is 0 Å². The highest BCUT2D eigenvalue weighted by atomic mass is 16.5. The van der Waals surface area contributed by atoms with E-state index in [4.69, 9.17) is 9.47 Å². The first-order valence-electron chi connectivity index (χ1n) is 7.57. The van der Waals surface area contributed by atoms with Crippen molar-refractivity contribution in [2.24, 2.45) is 5.92 Å². The van der Waals surface area contributed by atoms with E-state index in [1.165, 1.54) is 5.56 Å². The lowest BCUT2D eigenvalue weighted by Gasteiger charge is -2.23. The van der Waals surface area contributed by atoms with Gasteiger partial charge in [-0.25, -0.2) is 0 Å². The molecule has 1 N–H and O–H groups in total. The fourth-order valence-corrected chi connectivity index (χ4v) is 1.87. The van der Waals surface area contributed by atoms with Gasteiger partial charge in [0.1, 0.15) is 5.75 Å². The highest BCUT2D eigenvalue weighted by Crippen LogP contribution is 2.19. The van der Waals surface area contributed by atoms with E-state index in [1.54, 1.807) is 7.11 Å². The molecular formula is C17H29NO2. The molecule has 0 amide bonds. The molecule has 20 heavy (non-hydrogen) atoms. The maximum absolute atomic E-state index is 5.98. The van der Waals surface area contributed by atoms with Gasteiger partial charge in [-0.05, 0) is 43.5 Å². The Kier molecular flexibility index (Phi) is 7.63. The minimum Gasteiger partial charge on any atom is -0.497 e. The molecule has 2 atom stereocenters. The van der Waals surface area contributed by atoms with Crippen molar-refractivity contribution in [3.63, 3.8) is 0 Å². The van der Waals surface area contributed by atoms with Crippen LogP contribution in [0.25, 0.3) is 0 Å². The van der Waals surface area contributed by atoms with E-state index in [2.05, 4.69) is 45.1 Å². The third kappa shape index (κ3) is 5.51. The minimum atomic E-state index is 0.238. The van der Waals surface area contributed by atoms with E-state index in [9.17, 15) is 0 Å². The standard InChI is InChI=1S/C17H29NO2/c1-6-11-18-17(12-20-14(4)13(2)3)15-7-9-16(19-5)10-8-15/h7-10,13-14,17-18H,6,11-12H2,1-5H3. The van der Waals surface area contributed by atoms with Crippen LogP contribution in [0.3, 0.4) is 0 Å². The van der Waals surface area contributed by atoms with E-state index in [1.807, 2.05) is 12.1 Å². The van der Waals surface area contributed by atoms with Crippen LogP contribution in [-0.2, 0) is 4.74 Å². The van der Waals surface area contributed by atoms with Crippen LogP contribution in [-0.4, -0.2) is 26.4 Å². The number of methoxy groups -OCH3 is 1. The molecular weight excluding hydrogens is 250 g/mol. The van der Waals surface area contributed by atoms with Crippen LogP contribution in [0.1, 0.15) is 45.7 Å². The maximum atomic E-state index is 5.98. The molecule has 0 aliphatic carbocycles. The lowest BCUT2D eigenvalue weighted by atomic mass is 10.1. The number of hydrogen-bond acceptors (Lipinski definition) is 3. The Balaban J connectivity index is 2.66. The van der Waals surface area contributed by atoms with Gasteiger partial charge in [0.15, 0.2) is 0 Å². The summed E-state index contributed by atoms with van der Waals surface area (Å²) in [6, 6.07) is 8.46. The zero-order valence-corrected chi connectivity index (χ0v) is 13.5. The lowest BCUT2D eigenvalue weighted by Crippen LogP contribution is -2.29. The topological polar surface area (TPSA) is 30.5 Å². The summed E-state index contributed by atoms with van der Waals surface area (Å²) in [5.41, 5.74) is 1.25. The second-order valence-electron chi connectivity index (χ2n) is 5.56. The number of hydrogen-bond donors (Lipinski definition) is 1. The summed E-state index contributed by atoms with van der Waals surface area (Å²) in [5, 5.41) is 3.55. The highest BCUT2D eigenvalue weighted by molar-refractivity contribution is 5.29. The molecule has 114 valence electrons. The summed E-state index contributed by atoms with van der Waals surface area (Å²) in [7, 11) is 1.69. The first kappa shape index (κ1) is 17.0. The minimum absolute atomic E-state index is 0.238. The van der Waals surface area contributed by atoms with Crippen molar-refractivity contribution in [2.75, 3.05) is 20.3 Å². The third-order valence-electron chi connectivity index (χ3n) is 3.62. The largest absolute Gasteiger partial charge is 0.497 e. The van der Waals surface area contributed by atoms with Crippen LogP contribution < -0.4 is 10.1 Å². The van der Waals surface area contributed by atoms with Crippen molar-refractivity contribution in [1.82, 2.24) is 5.32 Å². The van der Waals surface area contributed by atoms with Gasteiger partial charge in [-0.3, -0.25) is 0 Å². The van der Waals surface area contributed by atoms with Crippen LogP contribution >= 0.6 is 0 Å². The van der Waals surface area contributed by atoms with Crippen LogP contribution in [0.15, 0.2) is 24.3 Å².